The van der Waals surface area contributed by atoms with Crippen LogP contribution in [0.5, 0.6) is 0 Å². The molecular formula is C20H21BrN4O3S. The summed E-state index contributed by atoms with van der Waals surface area (Å²) in [7, 11) is -3.88. The Morgan fingerprint density at radius 1 is 1.10 bits per heavy atom. The SMILES string of the molecule is N#Cc1ccc(CN2CCCN(C(=O)c3cc(S(N)(=O)=O)ccc3Br)CC2)cc1. The van der Waals surface area contributed by atoms with Crippen molar-refractivity contribution in [3.8, 4) is 6.07 Å². The standard InChI is InChI=1S/C20H21BrN4O3S/c21-19-7-6-17(29(23,27)28)12-18(19)20(26)25-9-1-8-24(10-11-25)14-16-4-2-15(13-22)3-5-16/h2-7,12H,1,8-11,14H2,(H2,23,27,28). The predicted octanol–water partition coefficient (Wildman–Crippen LogP) is 2.32. The van der Waals surface area contributed by atoms with E-state index in [0.717, 1.165) is 25.1 Å². The third-order valence-corrected chi connectivity index (χ3v) is 6.46. The number of sulfonamides is 1. The number of hydrogen-bond acceptors (Lipinski definition) is 5. The van der Waals surface area contributed by atoms with Gasteiger partial charge in [-0.05, 0) is 58.2 Å². The lowest BCUT2D eigenvalue weighted by molar-refractivity contribution is 0.0760. The van der Waals surface area contributed by atoms with E-state index in [-0.39, 0.29) is 16.4 Å². The highest BCUT2D eigenvalue weighted by Crippen LogP contribution is 2.23. The smallest absolute Gasteiger partial charge is 0.255 e. The van der Waals surface area contributed by atoms with Gasteiger partial charge in [-0.3, -0.25) is 9.69 Å². The molecule has 1 aliphatic rings. The number of benzene rings is 2. The number of halogens is 1. The highest BCUT2D eigenvalue weighted by atomic mass is 79.9. The molecule has 29 heavy (non-hydrogen) atoms. The quantitative estimate of drug-likeness (QED) is 0.728. The molecule has 2 N–H and O–H groups in total. The summed E-state index contributed by atoms with van der Waals surface area (Å²) in [5.74, 6) is -0.220. The Kier molecular flexibility index (Phi) is 6.70. The second kappa shape index (κ2) is 9.05. The van der Waals surface area contributed by atoms with Gasteiger partial charge >= 0.3 is 0 Å². The second-order valence-electron chi connectivity index (χ2n) is 6.92. The Morgan fingerprint density at radius 2 is 1.83 bits per heavy atom. The molecule has 7 nitrogen and oxygen atoms in total. The fourth-order valence-corrected chi connectivity index (χ4v) is 4.25. The van der Waals surface area contributed by atoms with Gasteiger partial charge < -0.3 is 4.90 Å². The molecule has 0 unspecified atom stereocenters. The van der Waals surface area contributed by atoms with Crippen molar-refractivity contribution >= 4 is 31.9 Å². The van der Waals surface area contributed by atoms with E-state index >= 15 is 0 Å². The van der Waals surface area contributed by atoms with E-state index in [2.05, 4.69) is 26.9 Å². The van der Waals surface area contributed by atoms with Gasteiger partial charge in [0.1, 0.15) is 0 Å². The zero-order valence-corrected chi connectivity index (χ0v) is 18.1. The number of carbonyl (C=O) groups is 1. The number of amides is 1. The van der Waals surface area contributed by atoms with Crippen LogP contribution >= 0.6 is 15.9 Å². The highest BCUT2D eigenvalue weighted by molar-refractivity contribution is 9.10. The molecule has 1 heterocycles. The average Bonchev–Trinajstić information content (AvgIpc) is 2.93. The predicted molar refractivity (Wildman–Crippen MR) is 112 cm³/mol. The van der Waals surface area contributed by atoms with E-state index in [4.69, 9.17) is 10.4 Å². The van der Waals surface area contributed by atoms with Crippen LogP contribution in [0.25, 0.3) is 0 Å². The molecule has 0 spiro atoms. The Hall–Kier alpha value is -2.25. The maximum atomic E-state index is 13.0. The minimum atomic E-state index is -3.88. The second-order valence-corrected chi connectivity index (χ2v) is 9.33. The first-order valence-corrected chi connectivity index (χ1v) is 11.4. The van der Waals surface area contributed by atoms with Gasteiger partial charge in [0, 0.05) is 37.2 Å². The summed E-state index contributed by atoms with van der Waals surface area (Å²) in [5.41, 5.74) is 2.04. The molecule has 1 fully saturated rings. The van der Waals surface area contributed by atoms with Crippen molar-refractivity contribution in [2.24, 2.45) is 5.14 Å². The summed E-state index contributed by atoms with van der Waals surface area (Å²) in [6.07, 6.45) is 0.814. The van der Waals surface area contributed by atoms with Crippen LogP contribution in [0.3, 0.4) is 0 Å². The molecule has 0 saturated carbocycles. The van der Waals surface area contributed by atoms with E-state index in [1.807, 2.05) is 12.1 Å². The van der Waals surface area contributed by atoms with Gasteiger partial charge in [-0.25, -0.2) is 13.6 Å². The summed E-state index contributed by atoms with van der Waals surface area (Å²) in [5, 5.41) is 14.1. The van der Waals surface area contributed by atoms with Crippen LogP contribution in [0.15, 0.2) is 51.8 Å². The maximum Gasteiger partial charge on any atom is 0.255 e. The number of rotatable bonds is 4. The third kappa shape index (κ3) is 5.42. The highest BCUT2D eigenvalue weighted by Gasteiger charge is 2.23. The summed E-state index contributed by atoms with van der Waals surface area (Å²) in [6, 6.07) is 13.8. The molecule has 3 rings (SSSR count). The van der Waals surface area contributed by atoms with Crippen LogP contribution in [0.1, 0.15) is 27.9 Å². The fourth-order valence-electron chi connectivity index (χ4n) is 3.29. The molecule has 1 amide bonds. The Bertz CT molecular complexity index is 1050. The zero-order valence-electron chi connectivity index (χ0n) is 15.7. The van der Waals surface area contributed by atoms with E-state index in [1.54, 1.807) is 17.0 Å². The molecule has 0 aromatic heterocycles. The van der Waals surface area contributed by atoms with Crippen molar-refractivity contribution in [1.82, 2.24) is 9.80 Å². The monoisotopic (exact) mass is 476 g/mol. The van der Waals surface area contributed by atoms with Gasteiger partial charge in [-0.2, -0.15) is 5.26 Å². The molecule has 1 aliphatic heterocycles. The van der Waals surface area contributed by atoms with Crippen LogP contribution in [0, 0.1) is 11.3 Å². The Balaban J connectivity index is 1.69. The first kappa shape index (κ1) is 21.5. The topological polar surface area (TPSA) is 108 Å². The molecule has 2 aromatic rings. The number of nitrogens with zero attached hydrogens (tertiary/aromatic N) is 3. The Labute approximate surface area is 178 Å². The minimum absolute atomic E-state index is 0.0821. The summed E-state index contributed by atoms with van der Waals surface area (Å²) >= 11 is 3.34. The van der Waals surface area contributed by atoms with Crippen molar-refractivity contribution in [1.29, 1.82) is 5.26 Å². The van der Waals surface area contributed by atoms with Crippen molar-refractivity contribution in [3.63, 3.8) is 0 Å². The molecule has 152 valence electrons. The van der Waals surface area contributed by atoms with Gasteiger partial charge in [-0.15, -0.1) is 0 Å². The van der Waals surface area contributed by atoms with Gasteiger partial charge in [0.25, 0.3) is 5.91 Å². The molecule has 9 heteroatoms. The summed E-state index contributed by atoms with van der Waals surface area (Å²) in [4.78, 5) is 16.9. The molecule has 0 bridgehead atoms. The number of nitriles is 1. The van der Waals surface area contributed by atoms with Gasteiger partial charge in [0.2, 0.25) is 10.0 Å². The van der Waals surface area contributed by atoms with Crippen molar-refractivity contribution in [2.45, 2.75) is 17.9 Å². The number of carbonyl (C=O) groups excluding carboxylic acids is 1. The van der Waals surface area contributed by atoms with Crippen LogP contribution in [0.4, 0.5) is 0 Å². The number of hydrogen-bond donors (Lipinski definition) is 1. The van der Waals surface area contributed by atoms with Crippen molar-refractivity contribution < 1.29 is 13.2 Å². The average molecular weight is 477 g/mol. The van der Waals surface area contributed by atoms with Crippen LogP contribution in [-0.4, -0.2) is 50.3 Å². The molecular weight excluding hydrogens is 456 g/mol. The summed E-state index contributed by atoms with van der Waals surface area (Å²) in [6.45, 7) is 3.44. The first-order valence-electron chi connectivity index (χ1n) is 9.11. The lowest BCUT2D eigenvalue weighted by Crippen LogP contribution is -2.35. The van der Waals surface area contributed by atoms with Crippen LogP contribution in [-0.2, 0) is 16.6 Å². The van der Waals surface area contributed by atoms with E-state index in [9.17, 15) is 13.2 Å². The Morgan fingerprint density at radius 3 is 2.48 bits per heavy atom. The largest absolute Gasteiger partial charge is 0.337 e. The minimum Gasteiger partial charge on any atom is -0.337 e. The first-order chi connectivity index (χ1) is 13.8. The van der Waals surface area contributed by atoms with Crippen molar-refractivity contribution in [2.75, 3.05) is 26.2 Å². The lowest BCUT2D eigenvalue weighted by Gasteiger charge is -2.22. The molecule has 2 aromatic carbocycles. The molecule has 0 radical (unpaired) electrons. The molecule has 0 aliphatic carbocycles. The lowest BCUT2D eigenvalue weighted by atomic mass is 10.1. The molecule has 0 atom stereocenters. The van der Waals surface area contributed by atoms with E-state index < -0.39 is 10.0 Å². The normalized spacial score (nSPS) is 15.6. The van der Waals surface area contributed by atoms with Gasteiger partial charge in [-0.1, -0.05) is 12.1 Å². The van der Waals surface area contributed by atoms with Gasteiger partial charge in [0.05, 0.1) is 22.1 Å². The maximum absolute atomic E-state index is 13.0. The zero-order chi connectivity index (χ0) is 21.0. The number of nitrogens with two attached hydrogens (primary N) is 1. The van der Waals surface area contributed by atoms with E-state index in [0.29, 0.717) is 29.7 Å². The van der Waals surface area contributed by atoms with E-state index in [1.165, 1.54) is 18.2 Å². The summed E-state index contributed by atoms with van der Waals surface area (Å²) < 4.78 is 23.8. The van der Waals surface area contributed by atoms with Gasteiger partial charge in [0.15, 0.2) is 0 Å². The molecule has 1 saturated heterocycles. The van der Waals surface area contributed by atoms with Crippen LogP contribution < -0.4 is 5.14 Å². The van der Waals surface area contributed by atoms with Crippen LogP contribution in [0.2, 0.25) is 0 Å². The fraction of sp³-hybridized carbons (Fsp3) is 0.300. The number of primary sulfonamides is 1. The third-order valence-electron chi connectivity index (χ3n) is 4.86. The van der Waals surface area contributed by atoms with Crippen molar-refractivity contribution in [3.05, 3.63) is 63.6 Å².